The molecule has 7 nitrogen and oxygen atoms in total. The highest BCUT2D eigenvalue weighted by Crippen LogP contribution is 2.29. The van der Waals surface area contributed by atoms with Crippen LogP contribution in [0.3, 0.4) is 0 Å². The Morgan fingerprint density at radius 3 is 2.85 bits per heavy atom. The molecule has 3 heterocycles. The number of thioether (sulfide) groups is 1. The maximum Gasteiger partial charge on any atom is 0.236 e. The standard InChI is InChI=1S/C22H16BrFN6OS2/c1-30-17-7-4-13(23)9-16(17)19-20(30)27-22(29-28-19)32-11-18(31)26-21-25-10-15(33-21)8-12-2-5-14(24)6-3-12/h2-7,9-10H,8,11H2,1H3,(H,25,26,31). The number of anilines is 1. The fourth-order valence-electron chi connectivity index (χ4n) is 3.41. The first-order valence-corrected chi connectivity index (χ1v) is 12.5. The molecular weight excluding hydrogens is 527 g/mol. The largest absolute Gasteiger partial charge is 0.327 e. The third-order valence-corrected chi connectivity index (χ3v) is 7.21. The number of thiazole rings is 1. The number of hydrogen-bond acceptors (Lipinski definition) is 7. The summed E-state index contributed by atoms with van der Waals surface area (Å²) in [4.78, 5) is 22.2. The van der Waals surface area contributed by atoms with Crippen LogP contribution >= 0.6 is 39.0 Å². The third-order valence-electron chi connectivity index (χ3n) is 4.97. The Labute approximate surface area is 204 Å². The molecule has 3 aromatic heterocycles. The van der Waals surface area contributed by atoms with Gasteiger partial charge in [0, 0.05) is 34.4 Å². The van der Waals surface area contributed by atoms with Crippen molar-refractivity contribution in [2.24, 2.45) is 7.05 Å². The lowest BCUT2D eigenvalue weighted by Gasteiger charge is -2.02. The normalized spacial score (nSPS) is 11.4. The van der Waals surface area contributed by atoms with Crippen LogP contribution in [0.15, 0.2) is 58.3 Å². The lowest BCUT2D eigenvalue weighted by Crippen LogP contribution is -2.14. The van der Waals surface area contributed by atoms with Crippen LogP contribution in [0.1, 0.15) is 10.4 Å². The number of nitrogens with zero attached hydrogens (tertiary/aromatic N) is 5. The van der Waals surface area contributed by atoms with Gasteiger partial charge >= 0.3 is 0 Å². The molecule has 5 aromatic rings. The summed E-state index contributed by atoms with van der Waals surface area (Å²) in [5, 5.41) is 13.3. The molecule has 0 bridgehead atoms. The highest BCUT2D eigenvalue weighted by atomic mass is 79.9. The molecule has 0 aliphatic heterocycles. The van der Waals surface area contributed by atoms with Crippen LogP contribution in [0.4, 0.5) is 9.52 Å². The van der Waals surface area contributed by atoms with Crippen LogP contribution in [0.2, 0.25) is 0 Å². The van der Waals surface area contributed by atoms with Crippen molar-refractivity contribution in [3.8, 4) is 0 Å². The fourth-order valence-corrected chi connectivity index (χ4v) is 5.22. The summed E-state index contributed by atoms with van der Waals surface area (Å²) in [6.45, 7) is 0. The van der Waals surface area contributed by atoms with E-state index in [0.29, 0.717) is 22.4 Å². The second-order valence-electron chi connectivity index (χ2n) is 7.26. The minimum Gasteiger partial charge on any atom is -0.327 e. The Morgan fingerprint density at radius 1 is 1.21 bits per heavy atom. The number of aryl methyl sites for hydroxylation is 1. The smallest absolute Gasteiger partial charge is 0.236 e. The summed E-state index contributed by atoms with van der Waals surface area (Å²) in [7, 11) is 1.93. The lowest BCUT2D eigenvalue weighted by atomic mass is 10.1. The van der Waals surface area contributed by atoms with E-state index in [-0.39, 0.29) is 17.5 Å². The Bertz CT molecular complexity index is 1480. The summed E-state index contributed by atoms with van der Waals surface area (Å²) in [6.07, 6.45) is 2.35. The molecular formula is C22H16BrFN6OS2. The van der Waals surface area contributed by atoms with Gasteiger partial charge in [0.25, 0.3) is 0 Å². The molecule has 5 rings (SSSR count). The van der Waals surface area contributed by atoms with E-state index < -0.39 is 0 Å². The van der Waals surface area contributed by atoms with Crippen LogP contribution in [0.25, 0.3) is 22.1 Å². The quantitative estimate of drug-likeness (QED) is 0.297. The van der Waals surface area contributed by atoms with Gasteiger partial charge in [0.15, 0.2) is 10.8 Å². The number of hydrogen-bond donors (Lipinski definition) is 1. The van der Waals surface area contributed by atoms with Crippen molar-refractivity contribution in [3.05, 3.63) is 69.4 Å². The van der Waals surface area contributed by atoms with Gasteiger partial charge in [-0.1, -0.05) is 39.8 Å². The van der Waals surface area contributed by atoms with Crippen molar-refractivity contribution in [1.29, 1.82) is 0 Å². The molecule has 0 unspecified atom stereocenters. The third kappa shape index (κ3) is 4.75. The first-order chi connectivity index (χ1) is 16.0. The maximum atomic E-state index is 13.1. The highest BCUT2D eigenvalue weighted by molar-refractivity contribution is 9.10. The predicted octanol–water partition coefficient (Wildman–Crippen LogP) is 5.20. The van der Waals surface area contributed by atoms with Crippen LogP contribution in [-0.4, -0.2) is 36.4 Å². The van der Waals surface area contributed by atoms with Gasteiger partial charge in [-0.3, -0.25) is 4.79 Å². The fraction of sp³-hybridized carbons (Fsp3) is 0.136. The predicted molar refractivity (Wildman–Crippen MR) is 132 cm³/mol. The molecule has 0 aliphatic carbocycles. The van der Waals surface area contributed by atoms with Crippen molar-refractivity contribution in [2.75, 3.05) is 11.1 Å². The number of fused-ring (bicyclic) bond motifs is 3. The summed E-state index contributed by atoms with van der Waals surface area (Å²) >= 11 is 6.10. The number of halogens is 2. The molecule has 1 amide bonds. The van der Waals surface area contributed by atoms with Crippen molar-refractivity contribution in [3.63, 3.8) is 0 Å². The Balaban J connectivity index is 1.23. The number of nitrogens with one attached hydrogen (secondary N) is 1. The van der Waals surface area contributed by atoms with Gasteiger partial charge in [-0.15, -0.1) is 21.5 Å². The molecule has 11 heteroatoms. The van der Waals surface area contributed by atoms with E-state index in [9.17, 15) is 9.18 Å². The van der Waals surface area contributed by atoms with Crippen LogP contribution in [0, 0.1) is 5.82 Å². The van der Waals surface area contributed by atoms with E-state index in [0.717, 1.165) is 31.3 Å². The molecule has 0 saturated carbocycles. The van der Waals surface area contributed by atoms with Gasteiger partial charge in [0.05, 0.1) is 11.3 Å². The van der Waals surface area contributed by atoms with Gasteiger partial charge in [-0.25, -0.2) is 14.4 Å². The average Bonchev–Trinajstić information content (AvgIpc) is 3.35. The zero-order valence-corrected chi connectivity index (χ0v) is 20.5. The average molecular weight is 543 g/mol. The van der Waals surface area contributed by atoms with E-state index in [4.69, 9.17) is 0 Å². The van der Waals surface area contributed by atoms with E-state index in [1.54, 1.807) is 18.3 Å². The molecule has 0 aliphatic rings. The van der Waals surface area contributed by atoms with Gasteiger partial charge in [-0.2, -0.15) is 0 Å². The van der Waals surface area contributed by atoms with Crippen LogP contribution in [-0.2, 0) is 18.3 Å². The minimum atomic E-state index is -0.264. The van der Waals surface area contributed by atoms with Gasteiger partial charge in [0.1, 0.15) is 11.3 Å². The maximum absolute atomic E-state index is 13.1. The second-order valence-corrected chi connectivity index (χ2v) is 10.2. The Hall–Kier alpha value is -2.89. The Kier molecular flexibility index (Phi) is 6.09. The van der Waals surface area contributed by atoms with Crippen molar-refractivity contribution < 1.29 is 9.18 Å². The van der Waals surface area contributed by atoms with Crippen LogP contribution < -0.4 is 5.32 Å². The first-order valence-electron chi connectivity index (χ1n) is 9.86. The van der Waals surface area contributed by atoms with E-state index in [2.05, 4.69) is 41.4 Å². The zero-order chi connectivity index (χ0) is 22.9. The molecule has 166 valence electrons. The van der Waals surface area contributed by atoms with Crippen molar-refractivity contribution in [1.82, 2.24) is 24.7 Å². The number of carbonyl (C=O) groups excluding carboxylic acids is 1. The second kappa shape index (κ2) is 9.16. The number of benzene rings is 2. The minimum absolute atomic E-state index is 0.134. The molecule has 0 saturated heterocycles. The van der Waals surface area contributed by atoms with Crippen molar-refractivity contribution >= 4 is 72.1 Å². The zero-order valence-electron chi connectivity index (χ0n) is 17.2. The SMILES string of the molecule is Cn1c2ccc(Br)cc2c2nnc(SCC(=O)Nc3ncc(Cc4ccc(F)cc4)s3)nc21. The number of rotatable bonds is 6. The summed E-state index contributed by atoms with van der Waals surface area (Å²) in [6, 6.07) is 12.3. The number of amides is 1. The highest BCUT2D eigenvalue weighted by Gasteiger charge is 2.15. The number of carbonyl (C=O) groups is 1. The first kappa shape index (κ1) is 21.9. The molecule has 0 atom stereocenters. The monoisotopic (exact) mass is 542 g/mol. The molecule has 0 spiro atoms. The molecule has 2 aromatic carbocycles. The summed E-state index contributed by atoms with van der Waals surface area (Å²) in [5.41, 5.74) is 3.43. The Morgan fingerprint density at radius 2 is 2.03 bits per heavy atom. The summed E-state index contributed by atoms with van der Waals surface area (Å²) in [5.74, 6) is -0.331. The molecule has 0 radical (unpaired) electrons. The molecule has 0 fully saturated rings. The summed E-state index contributed by atoms with van der Waals surface area (Å²) < 4.78 is 16.0. The van der Waals surface area contributed by atoms with Gasteiger partial charge < -0.3 is 9.88 Å². The number of aromatic nitrogens is 5. The van der Waals surface area contributed by atoms with E-state index in [1.165, 1.54) is 35.2 Å². The van der Waals surface area contributed by atoms with Gasteiger partial charge in [0.2, 0.25) is 11.1 Å². The molecule has 1 N–H and O–H groups in total. The molecule has 33 heavy (non-hydrogen) atoms. The van der Waals surface area contributed by atoms with E-state index in [1.807, 2.05) is 29.8 Å². The topological polar surface area (TPSA) is 85.6 Å². The lowest BCUT2D eigenvalue weighted by molar-refractivity contribution is -0.113. The van der Waals surface area contributed by atoms with Crippen molar-refractivity contribution in [2.45, 2.75) is 11.6 Å². The van der Waals surface area contributed by atoms with E-state index >= 15 is 0 Å². The van der Waals surface area contributed by atoms with Crippen LogP contribution in [0.5, 0.6) is 0 Å². The van der Waals surface area contributed by atoms with Gasteiger partial charge in [-0.05, 0) is 35.9 Å².